The number of nitrogens with two attached hydrogens (primary N) is 1. The number of aromatic nitrogens is 4. The molecule has 0 radical (unpaired) electrons. The average Bonchev–Trinajstić information content (AvgIpc) is 2.90. The van der Waals surface area contributed by atoms with E-state index in [-0.39, 0.29) is 0 Å². The van der Waals surface area contributed by atoms with Gasteiger partial charge in [0.1, 0.15) is 11.3 Å². The minimum absolute atomic E-state index is 0.506. The molecule has 3 heterocycles. The zero-order valence-electron chi connectivity index (χ0n) is 14.0. The number of thioether (sulfide) groups is 1. The molecule has 0 fully saturated rings. The van der Waals surface area contributed by atoms with Crippen molar-refractivity contribution in [1.82, 2.24) is 19.6 Å². The van der Waals surface area contributed by atoms with E-state index in [0.717, 1.165) is 28.1 Å². The normalized spacial score (nSPS) is 11.0. The molecule has 126 valence electrons. The molecule has 0 aliphatic carbocycles. The Labute approximate surface area is 144 Å². The number of fused-ring (bicyclic) bond motifs is 1. The average molecular weight is 345 g/mol. The molecule has 3 aromatic heterocycles. The molecule has 0 spiro atoms. The summed E-state index contributed by atoms with van der Waals surface area (Å²) in [6.45, 7) is 3.99. The van der Waals surface area contributed by atoms with Crippen LogP contribution in [0.2, 0.25) is 0 Å². The summed E-state index contributed by atoms with van der Waals surface area (Å²) in [7, 11) is 3.24. The summed E-state index contributed by atoms with van der Waals surface area (Å²) in [4.78, 5) is 13.3. The van der Waals surface area contributed by atoms with Crippen molar-refractivity contribution < 1.29 is 9.47 Å². The fourth-order valence-electron chi connectivity index (χ4n) is 2.50. The lowest BCUT2D eigenvalue weighted by atomic mass is 10.1. The summed E-state index contributed by atoms with van der Waals surface area (Å²) >= 11 is 1.51. The number of ether oxygens (including phenoxy) is 2. The lowest BCUT2D eigenvalue weighted by Gasteiger charge is -2.11. The van der Waals surface area contributed by atoms with Crippen LogP contribution in [0.5, 0.6) is 11.6 Å². The number of pyridine rings is 2. The monoisotopic (exact) mass is 345 g/mol. The first-order valence-corrected chi connectivity index (χ1v) is 8.34. The highest BCUT2D eigenvalue weighted by molar-refractivity contribution is 7.98. The predicted molar refractivity (Wildman–Crippen MR) is 94.1 cm³/mol. The second-order valence-electron chi connectivity index (χ2n) is 5.30. The van der Waals surface area contributed by atoms with Crippen molar-refractivity contribution in [1.29, 1.82) is 0 Å². The molecular formula is C16H19N5O2S. The van der Waals surface area contributed by atoms with Crippen molar-refractivity contribution in [3.63, 3.8) is 0 Å². The Bertz CT molecular complexity index is 894. The second-order valence-corrected chi connectivity index (χ2v) is 6.24. The molecule has 0 unspecified atom stereocenters. The van der Waals surface area contributed by atoms with E-state index in [9.17, 15) is 0 Å². The highest BCUT2D eigenvalue weighted by Crippen LogP contribution is 2.29. The molecule has 8 heteroatoms. The topological polar surface area (TPSA) is 88.1 Å². The number of hydrogen-bond acceptors (Lipinski definition) is 7. The van der Waals surface area contributed by atoms with E-state index < -0.39 is 0 Å². The standard InChI is InChI=1S/C16H19N5O2S/c1-9-7-18-12(10(2)14(9)23-4)8-24-16-19-11-5-6-13(22-3)20-15(11)21(16)17/h5-7H,8,17H2,1-4H3. The van der Waals surface area contributed by atoms with Crippen molar-refractivity contribution in [3.8, 4) is 11.6 Å². The maximum absolute atomic E-state index is 6.12. The molecule has 3 rings (SSSR count). The van der Waals surface area contributed by atoms with E-state index in [1.807, 2.05) is 26.1 Å². The van der Waals surface area contributed by atoms with E-state index in [1.54, 1.807) is 20.3 Å². The van der Waals surface area contributed by atoms with E-state index in [4.69, 9.17) is 15.3 Å². The number of imidazole rings is 1. The summed E-state index contributed by atoms with van der Waals surface area (Å²) in [5.41, 5.74) is 4.31. The van der Waals surface area contributed by atoms with Crippen LogP contribution in [-0.4, -0.2) is 33.8 Å². The fraction of sp³-hybridized carbons (Fsp3) is 0.312. The van der Waals surface area contributed by atoms with Crippen LogP contribution in [0.25, 0.3) is 11.2 Å². The van der Waals surface area contributed by atoms with Gasteiger partial charge in [0.2, 0.25) is 5.88 Å². The Hall–Kier alpha value is -2.48. The lowest BCUT2D eigenvalue weighted by molar-refractivity contribution is 0.399. The fourth-order valence-corrected chi connectivity index (χ4v) is 3.45. The van der Waals surface area contributed by atoms with Gasteiger partial charge in [-0.15, -0.1) is 0 Å². The number of hydrogen-bond donors (Lipinski definition) is 1. The van der Waals surface area contributed by atoms with Gasteiger partial charge >= 0.3 is 0 Å². The summed E-state index contributed by atoms with van der Waals surface area (Å²) in [5.74, 6) is 8.13. The Morgan fingerprint density at radius 1 is 1.17 bits per heavy atom. The van der Waals surface area contributed by atoms with Crippen molar-refractivity contribution in [3.05, 3.63) is 35.2 Å². The Kier molecular flexibility index (Phi) is 4.48. The van der Waals surface area contributed by atoms with Gasteiger partial charge in [0, 0.05) is 29.1 Å². The quantitative estimate of drug-likeness (QED) is 0.561. The Balaban J connectivity index is 1.87. The van der Waals surface area contributed by atoms with Gasteiger partial charge in [0.15, 0.2) is 10.8 Å². The molecule has 0 amide bonds. The summed E-state index contributed by atoms with van der Waals surface area (Å²) < 4.78 is 12.1. The van der Waals surface area contributed by atoms with Crippen LogP contribution >= 0.6 is 11.8 Å². The zero-order chi connectivity index (χ0) is 17.3. The number of rotatable bonds is 5. The maximum Gasteiger partial charge on any atom is 0.215 e. The van der Waals surface area contributed by atoms with Crippen molar-refractivity contribution in [2.24, 2.45) is 0 Å². The number of nitrogens with zero attached hydrogens (tertiary/aromatic N) is 4. The first-order valence-electron chi connectivity index (χ1n) is 7.35. The van der Waals surface area contributed by atoms with Gasteiger partial charge in [-0.1, -0.05) is 11.8 Å². The number of nitrogen functional groups attached to an aromatic ring is 1. The molecule has 0 aliphatic heterocycles. The van der Waals surface area contributed by atoms with Gasteiger partial charge in [-0.3, -0.25) is 4.98 Å². The van der Waals surface area contributed by atoms with Crippen molar-refractivity contribution in [2.75, 3.05) is 20.1 Å². The first-order chi connectivity index (χ1) is 11.5. The molecule has 24 heavy (non-hydrogen) atoms. The zero-order valence-corrected chi connectivity index (χ0v) is 14.8. The van der Waals surface area contributed by atoms with Gasteiger partial charge in [-0.2, -0.15) is 4.98 Å². The SMILES string of the molecule is COc1ccc2nc(SCc3ncc(C)c(OC)c3C)n(N)c2n1. The molecule has 0 aliphatic rings. The third kappa shape index (κ3) is 2.84. The summed E-state index contributed by atoms with van der Waals surface area (Å²) in [6, 6.07) is 3.60. The van der Waals surface area contributed by atoms with E-state index >= 15 is 0 Å². The first kappa shape index (κ1) is 16.4. The maximum atomic E-state index is 6.12. The summed E-state index contributed by atoms with van der Waals surface area (Å²) in [6.07, 6.45) is 1.82. The number of aryl methyl sites for hydroxylation is 1. The van der Waals surface area contributed by atoms with Gasteiger partial charge < -0.3 is 15.3 Å². The highest BCUT2D eigenvalue weighted by atomic mass is 32.2. The smallest absolute Gasteiger partial charge is 0.215 e. The van der Waals surface area contributed by atoms with Gasteiger partial charge in [-0.05, 0) is 19.9 Å². The van der Waals surface area contributed by atoms with Gasteiger partial charge in [0.25, 0.3) is 0 Å². The Morgan fingerprint density at radius 2 is 1.96 bits per heavy atom. The molecule has 7 nitrogen and oxygen atoms in total. The molecule has 0 saturated carbocycles. The largest absolute Gasteiger partial charge is 0.496 e. The van der Waals surface area contributed by atoms with E-state index in [2.05, 4.69) is 15.0 Å². The lowest BCUT2D eigenvalue weighted by Crippen LogP contribution is -2.10. The van der Waals surface area contributed by atoms with Crippen LogP contribution < -0.4 is 15.3 Å². The van der Waals surface area contributed by atoms with Gasteiger partial charge in [0.05, 0.1) is 19.9 Å². The Morgan fingerprint density at radius 3 is 2.67 bits per heavy atom. The second kappa shape index (κ2) is 6.56. The van der Waals surface area contributed by atoms with Gasteiger partial charge in [-0.25, -0.2) is 9.66 Å². The van der Waals surface area contributed by atoms with Crippen LogP contribution in [0, 0.1) is 13.8 Å². The summed E-state index contributed by atoms with van der Waals surface area (Å²) in [5, 5.41) is 0.673. The van der Waals surface area contributed by atoms with Crippen LogP contribution in [0.15, 0.2) is 23.5 Å². The number of methoxy groups -OCH3 is 2. The molecule has 0 bridgehead atoms. The van der Waals surface area contributed by atoms with E-state index in [0.29, 0.717) is 22.4 Å². The predicted octanol–water partition coefficient (Wildman–Crippen LogP) is 2.47. The molecule has 2 N–H and O–H groups in total. The third-order valence-electron chi connectivity index (χ3n) is 3.78. The minimum Gasteiger partial charge on any atom is -0.496 e. The van der Waals surface area contributed by atoms with Crippen molar-refractivity contribution in [2.45, 2.75) is 24.8 Å². The highest BCUT2D eigenvalue weighted by Gasteiger charge is 2.14. The molecular weight excluding hydrogens is 326 g/mol. The minimum atomic E-state index is 0.506. The molecule has 3 aromatic rings. The van der Waals surface area contributed by atoms with Crippen LogP contribution in [-0.2, 0) is 5.75 Å². The third-order valence-corrected chi connectivity index (χ3v) is 4.74. The van der Waals surface area contributed by atoms with E-state index in [1.165, 1.54) is 16.4 Å². The molecule has 0 aromatic carbocycles. The van der Waals surface area contributed by atoms with Crippen LogP contribution in [0.3, 0.4) is 0 Å². The van der Waals surface area contributed by atoms with Crippen LogP contribution in [0.1, 0.15) is 16.8 Å². The van der Waals surface area contributed by atoms with Crippen molar-refractivity contribution >= 4 is 22.9 Å². The van der Waals surface area contributed by atoms with Crippen LogP contribution in [0.4, 0.5) is 0 Å². The molecule has 0 saturated heterocycles. The molecule has 0 atom stereocenters.